The third kappa shape index (κ3) is 5.40. The van der Waals surface area contributed by atoms with Crippen LogP contribution in [-0.2, 0) is 0 Å². The average molecular weight is 360 g/mol. The van der Waals surface area contributed by atoms with Crippen LogP contribution in [-0.4, -0.2) is 25.7 Å². The van der Waals surface area contributed by atoms with Crippen molar-refractivity contribution in [1.29, 1.82) is 0 Å². The first kappa shape index (κ1) is 19.2. The van der Waals surface area contributed by atoms with E-state index in [1.54, 1.807) is 6.92 Å². The van der Waals surface area contributed by atoms with Crippen LogP contribution in [0.2, 0.25) is 0 Å². The molecule has 2 N–H and O–H groups in total. The molecule has 1 aromatic rings. The lowest BCUT2D eigenvalue weighted by atomic mass is 9.87. The van der Waals surface area contributed by atoms with E-state index >= 15 is 0 Å². The van der Waals surface area contributed by atoms with Crippen LogP contribution in [0.5, 0.6) is 0 Å². The molecule has 0 bridgehead atoms. The monoisotopic (exact) mass is 358 g/mol. The van der Waals surface area contributed by atoms with Crippen molar-refractivity contribution in [3.05, 3.63) is 35.9 Å². The van der Waals surface area contributed by atoms with Crippen molar-refractivity contribution in [2.45, 2.75) is 35.3 Å². The number of rotatable bonds is 4. The standard InChI is InChI=1S/C17H17Cl3O2/c1-3-11-16(22,17(18,19)20)12-13(2)15(21)10-9-14-7-5-4-6-8-14/h1,4-8,13,15,21-22H,11-12H2,2H3. The first-order chi connectivity index (χ1) is 10.2. The Morgan fingerprint density at radius 1 is 1.23 bits per heavy atom. The Bertz CT molecular complexity index is 578. The van der Waals surface area contributed by atoms with Gasteiger partial charge >= 0.3 is 0 Å². The van der Waals surface area contributed by atoms with Crippen LogP contribution in [0, 0.1) is 30.1 Å². The summed E-state index contributed by atoms with van der Waals surface area (Å²) in [4.78, 5) is 0. The lowest BCUT2D eigenvalue weighted by Gasteiger charge is -2.35. The molecule has 0 aliphatic rings. The quantitative estimate of drug-likeness (QED) is 0.637. The van der Waals surface area contributed by atoms with Crippen LogP contribution < -0.4 is 0 Å². The van der Waals surface area contributed by atoms with E-state index in [4.69, 9.17) is 41.2 Å². The van der Waals surface area contributed by atoms with E-state index < -0.39 is 21.4 Å². The molecule has 5 heteroatoms. The molecular formula is C17H17Cl3O2. The summed E-state index contributed by atoms with van der Waals surface area (Å²) in [6.45, 7) is 1.71. The lowest BCUT2D eigenvalue weighted by Crippen LogP contribution is -2.45. The Labute approximate surface area is 146 Å². The zero-order valence-electron chi connectivity index (χ0n) is 12.1. The Morgan fingerprint density at radius 2 is 1.82 bits per heavy atom. The fourth-order valence-corrected chi connectivity index (χ4v) is 2.35. The van der Waals surface area contributed by atoms with Crippen molar-refractivity contribution < 1.29 is 10.2 Å². The van der Waals surface area contributed by atoms with Crippen molar-refractivity contribution in [3.63, 3.8) is 0 Å². The van der Waals surface area contributed by atoms with Gasteiger partial charge in [-0.2, -0.15) is 0 Å². The van der Waals surface area contributed by atoms with Crippen molar-refractivity contribution in [2.24, 2.45) is 5.92 Å². The maximum Gasteiger partial charge on any atom is 0.219 e. The number of halogens is 3. The summed E-state index contributed by atoms with van der Waals surface area (Å²) in [6, 6.07) is 9.26. The van der Waals surface area contributed by atoms with E-state index in [1.807, 2.05) is 30.3 Å². The van der Waals surface area contributed by atoms with Gasteiger partial charge in [0.05, 0.1) is 0 Å². The number of terminal acetylenes is 1. The topological polar surface area (TPSA) is 40.5 Å². The Kier molecular flexibility index (Phi) is 7.07. The summed E-state index contributed by atoms with van der Waals surface area (Å²) in [5, 5.41) is 20.6. The molecule has 2 nitrogen and oxygen atoms in total. The summed E-state index contributed by atoms with van der Waals surface area (Å²) in [5.74, 6) is 7.46. The molecule has 0 spiro atoms. The van der Waals surface area contributed by atoms with Gasteiger partial charge in [-0.1, -0.05) is 71.8 Å². The third-order valence-corrected chi connectivity index (χ3v) is 4.31. The van der Waals surface area contributed by atoms with Crippen molar-refractivity contribution >= 4 is 34.8 Å². The molecule has 0 amide bonds. The lowest BCUT2D eigenvalue weighted by molar-refractivity contribution is 0.00857. The van der Waals surface area contributed by atoms with Gasteiger partial charge in [-0.25, -0.2) is 0 Å². The molecule has 118 valence electrons. The van der Waals surface area contributed by atoms with Gasteiger partial charge < -0.3 is 10.2 Å². The molecule has 0 radical (unpaired) electrons. The Hall–Kier alpha value is -0.870. The zero-order chi connectivity index (χ0) is 16.8. The normalized spacial score (nSPS) is 16.6. The van der Waals surface area contributed by atoms with Gasteiger partial charge in [-0.05, 0) is 24.5 Å². The van der Waals surface area contributed by atoms with Crippen molar-refractivity contribution in [2.75, 3.05) is 0 Å². The predicted octanol–water partition coefficient (Wildman–Crippen LogP) is 3.55. The molecule has 0 heterocycles. The van der Waals surface area contributed by atoms with Crippen LogP contribution in [0.15, 0.2) is 30.3 Å². The predicted molar refractivity (Wildman–Crippen MR) is 91.8 cm³/mol. The number of aliphatic hydroxyl groups is 2. The molecular weight excluding hydrogens is 343 g/mol. The Morgan fingerprint density at radius 3 is 2.32 bits per heavy atom. The number of aliphatic hydroxyl groups excluding tert-OH is 1. The summed E-state index contributed by atoms with van der Waals surface area (Å²) in [5.41, 5.74) is -0.935. The van der Waals surface area contributed by atoms with Crippen LogP contribution >= 0.6 is 34.8 Å². The van der Waals surface area contributed by atoms with E-state index in [2.05, 4.69) is 17.8 Å². The Balaban J connectivity index is 2.81. The maximum atomic E-state index is 10.5. The van der Waals surface area contributed by atoms with Crippen LogP contribution in [0.1, 0.15) is 25.3 Å². The molecule has 22 heavy (non-hydrogen) atoms. The van der Waals surface area contributed by atoms with Gasteiger partial charge in [0.25, 0.3) is 0 Å². The average Bonchev–Trinajstić information content (AvgIpc) is 2.44. The highest BCUT2D eigenvalue weighted by Gasteiger charge is 2.47. The van der Waals surface area contributed by atoms with Crippen LogP contribution in [0.25, 0.3) is 0 Å². The van der Waals surface area contributed by atoms with E-state index in [-0.39, 0.29) is 12.8 Å². The molecule has 0 aromatic heterocycles. The fraction of sp³-hybridized carbons (Fsp3) is 0.412. The second-order valence-corrected chi connectivity index (χ2v) is 7.45. The van der Waals surface area contributed by atoms with E-state index in [9.17, 15) is 10.2 Å². The highest BCUT2D eigenvalue weighted by atomic mass is 35.6. The van der Waals surface area contributed by atoms with Crippen molar-refractivity contribution in [1.82, 2.24) is 0 Å². The number of alkyl halides is 3. The zero-order valence-corrected chi connectivity index (χ0v) is 14.3. The van der Waals surface area contributed by atoms with Gasteiger partial charge in [0.2, 0.25) is 3.79 Å². The first-order valence-corrected chi connectivity index (χ1v) is 7.80. The molecule has 0 aliphatic carbocycles. The first-order valence-electron chi connectivity index (χ1n) is 6.67. The van der Waals surface area contributed by atoms with Crippen LogP contribution in [0.4, 0.5) is 0 Å². The largest absolute Gasteiger partial charge is 0.384 e. The molecule has 0 saturated heterocycles. The molecule has 3 atom stereocenters. The molecule has 3 unspecified atom stereocenters. The minimum atomic E-state index is -1.94. The fourth-order valence-electron chi connectivity index (χ4n) is 1.92. The van der Waals surface area contributed by atoms with Gasteiger partial charge in [0, 0.05) is 12.0 Å². The molecule has 1 aromatic carbocycles. The smallest absolute Gasteiger partial charge is 0.219 e. The summed E-state index contributed by atoms with van der Waals surface area (Å²) >= 11 is 17.4. The van der Waals surface area contributed by atoms with Crippen molar-refractivity contribution in [3.8, 4) is 24.2 Å². The van der Waals surface area contributed by atoms with Crippen LogP contribution in [0.3, 0.4) is 0 Å². The van der Waals surface area contributed by atoms with E-state index in [0.717, 1.165) is 5.56 Å². The SMILES string of the molecule is C#CCC(O)(CC(C)C(O)C#Cc1ccccc1)C(Cl)(Cl)Cl. The molecule has 1 rings (SSSR count). The summed E-state index contributed by atoms with van der Waals surface area (Å²) < 4.78 is -1.94. The summed E-state index contributed by atoms with van der Waals surface area (Å²) in [6.07, 6.45) is 4.13. The second-order valence-electron chi connectivity index (χ2n) is 5.17. The minimum Gasteiger partial charge on any atom is -0.384 e. The second kappa shape index (κ2) is 8.11. The highest BCUT2D eigenvalue weighted by Crippen LogP contribution is 2.44. The maximum absolute atomic E-state index is 10.5. The van der Waals surface area contributed by atoms with E-state index in [0.29, 0.717) is 0 Å². The number of hydrogen-bond acceptors (Lipinski definition) is 2. The molecule has 0 aliphatic heterocycles. The minimum absolute atomic E-state index is 0.0122. The molecule has 0 saturated carbocycles. The number of benzene rings is 1. The number of hydrogen-bond donors (Lipinski definition) is 2. The van der Waals surface area contributed by atoms with Gasteiger partial charge in [-0.15, -0.1) is 12.3 Å². The third-order valence-electron chi connectivity index (χ3n) is 3.26. The highest BCUT2D eigenvalue weighted by molar-refractivity contribution is 6.68. The van der Waals surface area contributed by atoms with Gasteiger partial charge in [-0.3, -0.25) is 0 Å². The molecule has 0 fully saturated rings. The van der Waals surface area contributed by atoms with Gasteiger partial charge in [0.1, 0.15) is 11.7 Å². The summed E-state index contributed by atoms with van der Waals surface area (Å²) in [7, 11) is 0. The van der Waals surface area contributed by atoms with Gasteiger partial charge in [0.15, 0.2) is 0 Å². The van der Waals surface area contributed by atoms with E-state index in [1.165, 1.54) is 0 Å².